The SMILES string of the molecule is C=CC[C@@H](O)C(C)=Cc1csc(C)n1. The Morgan fingerprint density at radius 1 is 1.79 bits per heavy atom. The van der Waals surface area contributed by atoms with E-state index in [2.05, 4.69) is 11.6 Å². The van der Waals surface area contributed by atoms with Crippen LogP contribution in [-0.4, -0.2) is 16.2 Å². The third kappa shape index (κ3) is 3.09. The first-order chi connectivity index (χ1) is 6.63. The summed E-state index contributed by atoms with van der Waals surface area (Å²) in [7, 11) is 0. The third-order valence-electron chi connectivity index (χ3n) is 1.93. The highest BCUT2D eigenvalue weighted by Crippen LogP contribution is 2.14. The molecule has 0 bridgehead atoms. The van der Waals surface area contributed by atoms with Gasteiger partial charge in [-0.05, 0) is 31.9 Å². The van der Waals surface area contributed by atoms with Crippen LogP contribution in [0.25, 0.3) is 6.08 Å². The van der Waals surface area contributed by atoms with Gasteiger partial charge in [-0.2, -0.15) is 0 Å². The summed E-state index contributed by atoms with van der Waals surface area (Å²) < 4.78 is 0. The van der Waals surface area contributed by atoms with Crippen LogP contribution in [0.3, 0.4) is 0 Å². The van der Waals surface area contributed by atoms with Gasteiger partial charge in [0, 0.05) is 5.38 Å². The minimum atomic E-state index is -0.436. The Morgan fingerprint density at radius 3 is 3.00 bits per heavy atom. The van der Waals surface area contributed by atoms with Crippen molar-refractivity contribution < 1.29 is 5.11 Å². The van der Waals surface area contributed by atoms with E-state index in [4.69, 9.17) is 0 Å². The van der Waals surface area contributed by atoms with E-state index in [1.807, 2.05) is 25.3 Å². The van der Waals surface area contributed by atoms with Crippen molar-refractivity contribution in [1.82, 2.24) is 4.98 Å². The van der Waals surface area contributed by atoms with Gasteiger partial charge in [-0.1, -0.05) is 6.08 Å². The maximum atomic E-state index is 9.62. The zero-order chi connectivity index (χ0) is 10.6. The molecule has 0 aliphatic rings. The van der Waals surface area contributed by atoms with Crippen molar-refractivity contribution in [2.24, 2.45) is 0 Å². The predicted octanol–water partition coefficient (Wildman–Crippen LogP) is 2.79. The zero-order valence-corrected chi connectivity index (χ0v) is 9.34. The zero-order valence-electron chi connectivity index (χ0n) is 8.53. The molecule has 0 fully saturated rings. The van der Waals surface area contributed by atoms with Gasteiger partial charge < -0.3 is 5.11 Å². The molecular formula is C11H15NOS. The summed E-state index contributed by atoms with van der Waals surface area (Å²) in [5, 5.41) is 12.7. The molecule has 1 aromatic rings. The molecule has 0 aromatic carbocycles. The normalized spacial score (nSPS) is 14.1. The van der Waals surface area contributed by atoms with E-state index in [0.29, 0.717) is 6.42 Å². The second kappa shape index (κ2) is 5.08. The molecule has 0 aliphatic heterocycles. The molecule has 0 unspecified atom stereocenters. The number of aromatic nitrogens is 1. The van der Waals surface area contributed by atoms with Crippen LogP contribution in [0.4, 0.5) is 0 Å². The summed E-state index contributed by atoms with van der Waals surface area (Å²) in [5.41, 5.74) is 1.85. The maximum Gasteiger partial charge on any atom is 0.0901 e. The van der Waals surface area contributed by atoms with Crippen molar-refractivity contribution in [3.8, 4) is 0 Å². The van der Waals surface area contributed by atoms with E-state index < -0.39 is 6.10 Å². The Hall–Kier alpha value is -0.930. The molecule has 3 heteroatoms. The summed E-state index contributed by atoms with van der Waals surface area (Å²) in [4.78, 5) is 4.30. The fraction of sp³-hybridized carbons (Fsp3) is 0.364. The Morgan fingerprint density at radius 2 is 2.50 bits per heavy atom. The topological polar surface area (TPSA) is 33.1 Å². The number of nitrogens with zero attached hydrogens (tertiary/aromatic N) is 1. The lowest BCUT2D eigenvalue weighted by atomic mass is 10.1. The first-order valence-corrected chi connectivity index (χ1v) is 5.40. The van der Waals surface area contributed by atoms with Gasteiger partial charge in [0.25, 0.3) is 0 Å². The van der Waals surface area contributed by atoms with Gasteiger partial charge >= 0.3 is 0 Å². The Balaban J connectivity index is 2.72. The number of hydrogen-bond donors (Lipinski definition) is 1. The molecular weight excluding hydrogens is 194 g/mol. The van der Waals surface area contributed by atoms with Gasteiger partial charge in [-0.15, -0.1) is 17.9 Å². The number of rotatable bonds is 4. The Labute approximate surface area is 88.6 Å². The van der Waals surface area contributed by atoms with E-state index in [1.54, 1.807) is 17.4 Å². The standard InChI is InChI=1S/C11H15NOS/c1-4-5-11(13)8(2)6-10-7-14-9(3)12-10/h4,6-7,11,13H,1,5H2,2-3H3/t11-/m1/s1. The summed E-state index contributed by atoms with van der Waals surface area (Å²) in [6, 6.07) is 0. The van der Waals surface area contributed by atoms with Crippen LogP contribution < -0.4 is 0 Å². The molecule has 2 nitrogen and oxygen atoms in total. The molecule has 1 rings (SSSR count). The molecule has 0 aliphatic carbocycles. The lowest BCUT2D eigenvalue weighted by Gasteiger charge is -2.07. The van der Waals surface area contributed by atoms with E-state index in [0.717, 1.165) is 16.3 Å². The Kier molecular flexibility index (Phi) is 4.04. The van der Waals surface area contributed by atoms with E-state index in [-0.39, 0.29) is 0 Å². The van der Waals surface area contributed by atoms with Gasteiger partial charge in [-0.3, -0.25) is 0 Å². The van der Waals surface area contributed by atoms with Crippen molar-refractivity contribution in [2.75, 3.05) is 0 Å². The third-order valence-corrected chi connectivity index (χ3v) is 2.72. The first-order valence-electron chi connectivity index (χ1n) is 4.52. The molecule has 1 heterocycles. The molecule has 14 heavy (non-hydrogen) atoms. The number of aliphatic hydroxyl groups excluding tert-OH is 1. The van der Waals surface area contributed by atoms with Gasteiger partial charge in [0.1, 0.15) is 0 Å². The number of hydrogen-bond acceptors (Lipinski definition) is 3. The summed E-state index contributed by atoms with van der Waals surface area (Å²) in [6.45, 7) is 7.47. The van der Waals surface area contributed by atoms with E-state index in [1.165, 1.54) is 0 Å². The lowest BCUT2D eigenvalue weighted by Crippen LogP contribution is -2.05. The predicted molar refractivity (Wildman–Crippen MR) is 61.3 cm³/mol. The maximum absolute atomic E-state index is 9.62. The van der Waals surface area contributed by atoms with E-state index in [9.17, 15) is 5.11 Å². The molecule has 0 saturated heterocycles. The fourth-order valence-corrected chi connectivity index (χ4v) is 1.69. The van der Waals surface area contributed by atoms with Gasteiger partial charge in [0.2, 0.25) is 0 Å². The minimum Gasteiger partial charge on any atom is -0.388 e. The smallest absolute Gasteiger partial charge is 0.0901 e. The van der Waals surface area contributed by atoms with Crippen LogP contribution in [-0.2, 0) is 0 Å². The quantitative estimate of drug-likeness (QED) is 0.773. The van der Waals surface area contributed by atoms with Crippen molar-refractivity contribution >= 4 is 17.4 Å². The van der Waals surface area contributed by atoms with Crippen LogP contribution in [0.2, 0.25) is 0 Å². The van der Waals surface area contributed by atoms with Gasteiger partial charge in [0.15, 0.2) is 0 Å². The monoisotopic (exact) mass is 209 g/mol. The van der Waals surface area contributed by atoms with Crippen molar-refractivity contribution in [3.05, 3.63) is 34.3 Å². The number of aryl methyl sites for hydroxylation is 1. The highest BCUT2D eigenvalue weighted by Gasteiger charge is 2.04. The fourth-order valence-electron chi connectivity index (χ4n) is 1.12. The van der Waals surface area contributed by atoms with Crippen LogP contribution in [0, 0.1) is 6.92 Å². The molecule has 1 atom stereocenters. The van der Waals surface area contributed by atoms with E-state index >= 15 is 0 Å². The second-order valence-corrected chi connectivity index (χ2v) is 4.28. The molecule has 0 radical (unpaired) electrons. The van der Waals surface area contributed by atoms with Crippen LogP contribution in [0.5, 0.6) is 0 Å². The molecule has 1 N–H and O–H groups in total. The van der Waals surface area contributed by atoms with Crippen LogP contribution in [0.15, 0.2) is 23.6 Å². The molecule has 76 valence electrons. The first kappa shape index (κ1) is 11.1. The van der Waals surface area contributed by atoms with Gasteiger partial charge in [-0.25, -0.2) is 4.98 Å². The van der Waals surface area contributed by atoms with Crippen molar-refractivity contribution in [2.45, 2.75) is 26.4 Å². The molecule has 0 spiro atoms. The molecule has 1 aromatic heterocycles. The van der Waals surface area contributed by atoms with Gasteiger partial charge in [0.05, 0.1) is 16.8 Å². The van der Waals surface area contributed by atoms with Crippen molar-refractivity contribution in [1.29, 1.82) is 0 Å². The van der Waals surface area contributed by atoms with Crippen molar-refractivity contribution in [3.63, 3.8) is 0 Å². The number of thiazole rings is 1. The number of aliphatic hydroxyl groups is 1. The highest BCUT2D eigenvalue weighted by atomic mass is 32.1. The summed E-state index contributed by atoms with van der Waals surface area (Å²) in [5.74, 6) is 0. The lowest BCUT2D eigenvalue weighted by molar-refractivity contribution is 0.215. The molecule has 0 amide bonds. The molecule has 0 saturated carbocycles. The van der Waals surface area contributed by atoms with Crippen LogP contribution >= 0.6 is 11.3 Å². The summed E-state index contributed by atoms with van der Waals surface area (Å²) >= 11 is 1.61. The average molecular weight is 209 g/mol. The summed E-state index contributed by atoms with van der Waals surface area (Å²) in [6.07, 6.45) is 3.78. The minimum absolute atomic E-state index is 0.436. The Bertz CT molecular complexity index is 341. The van der Waals surface area contributed by atoms with Crippen LogP contribution in [0.1, 0.15) is 24.0 Å². The average Bonchev–Trinajstić information content (AvgIpc) is 2.51. The second-order valence-electron chi connectivity index (χ2n) is 3.22. The largest absolute Gasteiger partial charge is 0.388 e. The highest BCUT2D eigenvalue weighted by molar-refractivity contribution is 7.09.